The van der Waals surface area contributed by atoms with E-state index < -0.39 is 6.10 Å². The van der Waals surface area contributed by atoms with E-state index in [1.165, 1.54) is 0 Å². The predicted octanol–water partition coefficient (Wildman–Crippen LogP) is 3.80. The van der Waals surface area contributed by atoms with Gasteiger partial charge in [-0.2, -0.15) is 4.98 Å². The molecule has 0 aliphatic heterocycles. The van der Waals surface area contributed by atoms with Gasteiger partial charge in [0, 0.05) is 31.0 Å². The lowest BCUT2D eigenvalue weighted by Crippen LogP contribution is -2.25. The van der Waals surface area contributed by atoms with Gasteiger partial charge in [-0.1, -0.05) is 13.8 Å². The monoisotopic (exact) mass is 484 g/mol. The molecule has 0 bridgehead atoms. The van der Waals surface area contributed by atoms with Crippen molar-refractivity contribution in [2.75, 3.05) is 52.0 Å². The summed E-state index contributed by atoms with van der Waals surface area (Å²) < 4.78 is 23.6. The van der Waals surface area contributed by atoms with Gasteiger partial charge in [0.2, 0.25) is 0 Å². The van der Waals surface area contributed by atoms with Crippen molar-refractivity contribution in [3.05, 3.63) is 48.5 Å². The first kappa shape index (κ1) is 26.5. The Bertz CT molecular complexity index is 1010. The Kier molecular flexibility index (Phi) is 10.3. The number of aliphatic hydroxyl groups excluding tert-OH is 1. The zero-order valence-corrected chi connectivity index (χ0v) is 20.9. The highest BCUT2D eigenvalue weighted by atomic mass is 16.5. The molecule has 190 valence electrons. The molecule has 9 heteroatoms. The van der Waals surface area contributed by atoms with Crippen molar-refractivity contribution < 1.29 is 24.1 Å². The molecule has 0 spiro atoms. The van der Waals surface area contributed by atoms with Crippen LogP contribution in [0.15, 0.2) is 48.5 Å². The minimum absolute atomic E-state index is 0.280. The molecule has 0 saturated heterocycles. The van der Waals surface area contributed by atoms with Crippen molar-refractivity contribution in [3.8, 4) is 28.8 Å². The summed E-state index contributed by atoms with van der Waals surface area (Å²) in [5.74, 6) is 1.86. The maximum atomic E-state index is 10.1. The Hall–Kier alpha value is -3.14. The van der Waals surface area contributed by atoms with Crippen LogP contribution in [0, 0.1) is 5.92 Å². The third-order valence-electron chi connectivity index (χ3n) is 5.01. The van der Waals surface area contributed by atoms with Crippen LogP contribution in [0.1, 0.15) is 20.8 Å². The minimum atomic E-state index is -0.582. The molecule has 0 aliphatic rings. The maximum absolute atomic E-state index is 10.1. The zero-order chi connectivity index (χ0) is 25.0. The van der Waals surface area contributed by atoms with E-state index in [4.69, 9.17) is 18.9 Å². The third-order valence-corrected chi connectivity index (χ3v) is 5.01. The maximum Gasteiger partial charge on any atom is 0.336 e. The first-order valence-corrected chi connectivity index (χ1v) is 11.9. The normalized spacial score (nSPS) is 12.1. The minimum Gasteiger partial charge on any atom is -0.497 e. The Morgan fingerprint density at radius 3 is 2.37 bits per heavy atom. The second-order valence-electron chi connectivity index (χ2n) is 8.42. The van der Waals surface area contributed by atoms with Gasteiger partial charge in [0.05, 0.1) is 32.1 Å². The topological polar surface area (TPSA) is 99.9 Å². The molecule has 1 heterocycles. The van der Waals surface area contributed by atoms with Crippen LogP contribution in [0.5, 0.6) is 11.8 Å². The van der Waals surface area contributed by atoms with Gasteiger partial charge in [-0.15, -0.1) is 5.10 Å². The lowest BCUT2D eigenvalue weighted by Gasteiger charge is -2.14. The fraction of sp³-hybridized carbons (Fsp3) is 0.462. The lowest BCUT2D eigenvalue weighted by atomic mass is 10.2. The molecule has 3 rings (SSSR count). The summed E-state index contributed by atoms with van der Waals surface area (Å²) in [6, 6.07) is 15.7. The molecule has 0 radical (unpaired) electrons. The van der Waals surface area contributed by atoms with E-state index in [-0.39, 0.29) is 6.01 Å². The summed E-state index contributed by atoms with van der Waals surface area (Å²) in [6.07, 6.45) is -0.582. The number of ether oxygens (including phenoxy) is 4. The average molecular weight is 485 g/mol. The third kappa shape index (κ3) is 8.24. The number of benzene rings is 2. The molecule has 1 unspecified atom stereocenters. The van der Waals surface area contributed by atoms with Crippen molar-refractivity contribution in [2.45, 2.75) is 26.9 Å². The number of rotatable bonds is 15. The first-order chi connectivity index (χ1) is 17.0. The molecule has 1 aromatic heterocycles. The second kappa shape index (κ2) is 13.7. The molecule has 2 aromatic carbocycles. The van der Waals surface area contributed by atoms with Crippen molar-refractivity contribution >= 4 is 5.69 Å². The molecule has 0 aliphatic carbocycles. The molecule has 9 nitrogen and oxygen atoms in total. The molecule has 1 atom stereocenters. The van der Waals surface area contributed by atoms with E-state index in [1.54, 1.807) is 11.8 Å². The van der Waals surface area contributed by atoms with Crippen LogP contribution in [-0.4, -0.2) is 72.7 Å². The number of aliphatic hydroxyl groups is 1. The zero-order valence-electron chi connectivity index (χ0n) is 20.9. The van der Waals surface area contributed by atoms with Crippen molar-refractivity contribution in [2.24, 2.45) is 5.92 Å². The fourth-order valence-corrected chi connectivity index (χ4v) is 3.25. The molecule has 35 heavy (non-hydrogen) atoms. The average Bonchev–Trinajstić information content (AvgIpc) is 3.30. The SMILES string of the molecule is CCOCCOc1nc(-c2ccc(OC)cc2)n(-c2ccc(NCC(O)COCC(C)C)cc2)n1. The van der Waals surface area contributed by atoms with Gasteiger partial charge in [-0.05, 0) is 61.4 Å². The van der Waals surface area contributed by atoms with E-state index in [9.17, 15) is 5.11 Å². The van der Waals surface area contributed by atoms with Crippen LogP contribution in [0.4, 0.5) is 5.69 Å². The van der Waals surface area contributed by atoms with Gasteiger partial charge in [-0.25, -0.2) is 4.68 Å². The van der Waals surface area contributed by atoms with Gasteiger partial charge in [0.1, 0.15) is 12.4 Å². The number of aromatic nitrogens is 3. The van der Waals surface area contributed by atoms with E-state index >= 15 is 0 Å². The van der Waals surface area contributed by atoms with E-state index in [1.807, 2.05) is 55.5 Å². The van der Waals surface area contributed by atoms with Crippen LogP contribution < -0.4 is 14.8 Å². The van der Waals surface area contributed by atoms with Gasteiger partial charge >= 0.3 is 6.01 Å². The number of nitrogens with zero attached hydrogens (tertiary/aromatic N) is 3. The smallest absolute Gasteiger partial charge is 0.336 e. The number of methoxy groups -OCH3 is 1. The Labute approximate surface area is 207 Å². The van der Waals surface area contributed by atoms with Crippen molar-refractivity contribution in [1.29, 1.82) is 0 Å². The molecular weight excluding hydrogens is 448 g/mol. The molecular formula is C26H36N4O5. The van der Waals surface area contributed by atoms with Gasteiger partial charge in [-0.3, -0.25) is 0 Å². The molecule has 2 N–H and O–H groups in total. The Balaban J connectivity index is 1.72. The summed E-state index contributed by atoms with van der Waals surface area (Å²) in [4.78, 5) is 4.60. The van der Waals surface area contributed by atoms with E-state index in [2.05, 4.69) is 29.2 Å². The highest BCUT2D eigenvalue weighted by Gasteiger charge is 2.15. The lowest BCUT2D eigenvalue weighted by molar-refractivity contribution is 0.0318. The number of nitrogens with one attached hydrogen (secondary N) is 1. The van der Waals surface area contributed by atoms with E-state index in [0.29, 0.717) is 51.3 Å². The van der Waals surface area contributed by atoms with E-state index in [0.717, 1.165) is 22.7 Å². The summed E-state index contributed by atoms with van der Waals surface area (Å²) in [6.45, 7) is 8.91. The highest BCUT2D eigenvalue weighted by molar-refractivity contribution is 5.60. The summed E-state index contributed by atoms with van der Waals surface area (Å²) in [7, 11) is 1.63. The van der Waals surface area contributed by atoms with Gasteiger partial charge < -0.3 is 29.4 Å². The molecule has 0 amide bonds. The summed E-state index contributed by atoms with van der Waals surface area (Å²) in [5.41, 5.74) is 2.59. The number of hydrogen-bond donors (Lipinski definition) is 2. The van der Waals surface area contributed by atoms with Crippen LogP contribution in [0.25, 0.3) is 17.1 Å². The Morgan fingerprint density at radius 2 is 1.71 bits per heavy atom. The van der Waals surface area contributed by atoms with Crippen LogP contribution in [-0.2, 0) is 9.47 Å². The van der Waals surface area contributed by atoms with Crippen LogP contribution >= 0.6 is 0 Å². The standard InChI is InChI=1S/C26H36N4O5/c1-5-33-14-15-35-26-28-25(20-6-12-24(32-4)13-7-20)30(29-26)22-10-8-21(9-11-22)27-16-23(31)18-34-17-19(2)3/h6-13,19,23,27,31H,5,14-18H2,1-4H3. The van der Waals surface area contributed by atoms with Gasteiger partial charge in [0.25, 0.3) is 0 Å². The summed E-state index contributed by atoms with van der Waals surface area (Å²) >= 11 is 0. The second-order valence-corrected chi connectivity index (χ2v) is 8.42. The Morgan fingerprint density at radius 1 is 0.971 bits per heavy atom. The highest BCUT2D eigenvalue weighted by Crippen LogP contribution is 2.26. The van der Waals surface area contributed by atoms with Crippen LogP contribution in [0.3, 0.4) is 0 Å². The quantitative estimate of drug-likeness (QED) is 0.314. The predicted molar refractivity (Wildman–Crippen MR) is 135 cm³/mol. The summed E-state index contributed by atoms with van der Waals surface area (Å²) in [5, 5.41) is 17.9. The largest absolute Gasteiger partial charge is 0.497 e. The molecule has 0 saturated carbocycles. The van der Waals surface area contributed by atoms with Crippen molar-refractivity contribution in [1.82, 2.24) is 14.8 Å². The van der Waals surface area contributed by atoms with Crippen molar-refractivity contribution in [3.63, 3.8) is 0 Å². The number of anilines is 1. The molecule has 0 fully saturated rings. The van der Waals surface area contributed by atoms with Crippen LogP contribution in [0.2, 0.25) is 0 Å². The van der Waals surface area contributed by atoms with Gasteiger partial charge in [0.15, 0.2) is 5.82 Å². The number of hydrogen-bond acceptors (Lipinski definition) is 8. The fourth-order valence-electron chi connectivity index (χ4n) is 3.25. The first-order valence-electron chi connectivity index (χ1n) is 11.9. The molecule has 3 aromatic rings.